The van der Waals surface area contributed by atoms with E-state index in [1.807, 2.05) is 18.5 Å². The average molecular weight is 252 g/mol. The fourth-order valence-electron chi connectivity index (χ4n) is 2.12. The third-order valence-corrected chi connectivity index (χ3v) is 3.06. The van der Waals surface area contributed by atoms with Gasteiger partial charge in [-0.05, 0) is 50.3 Å². The zero-order valence-electron chi connectivity index (χ0n) is 10.2. The Morgan fingerprint density at radius 2 is 2.24 bits per heavy atom. The van der Waals surface area contributed by atoms with E-state index in [1.165, 1.54) is 37.7 Å². The molecule has 0 bridgehead atoms. The molecule has 17 heavy (non-hydrogen) atoms. The van der Waals surface area contributed by atoms with Crippen LogP contribution in [0.4, 0.5) is 0 Å². The Balaban J connectivity index is 0.00000144. The van der Waals surface area contributed by atoms with Gasteiger partial charge < -0.3 is 17.7 Å². The first kappa shape index (κ1) is 14.2. The van der Waals surface area contributed by atoms with Crippen molar-refractivity contribution in [3.63, 3.8) is 0 Å². The van der Waals surface area contributed by atoms with E-state index in [9.17, 15) is 0 Å². The fourth-order valence-corrected chi connectivity index (χ4v) is 2.12. The first-order chi connectivity index (χ1) is 7.95. The summed E-state index contributed by atoms with van der Waals surface area (Å²) in [6, 6.07) is 4.10. The highest BCUT2D eigenvalue weighted by Gasteiger charge is 2.02. The van der Waals surface area contributed by atoms with Crippen LogP contribution in [0.2, 0.25) is 0 Å². The van der Waals surface area contributed by atoms with Crippen molar-refractivity contribution in [3.05, 3.63) is 41.7 Å². The lowest BCUT2D eigenvalue weighted by molar-refractivity contribution is -0.00000342. The number of hydrogen-bond donors (Lipinski definition) is 1. The molecule has 2 rings (SSSR count). The van der Waals surface area contributed by atoms with Crippen LogP contribution in [0.25, 0.3) is 0 Å². The maximum atomic E-state index is 4.10. The summed E-state index contributed by atoms with van der Waals surface area (Å²) in [5.41, 5.74) is 2.91. The standard InChI is InChI=1S/C14H20N2.ClH/c1-2-5-13(6-3-1)8-10-16-12-14-7-4-9-15-11-14;/h4-5,7,9,11,16H,1-3,6,8,10,12H2;1H/p-1. The lowest BCUT2D eigenvalue weighted by Gasteiger charge is -2.12. The number of allylic oxidation sites excluding steroid dienone is 1. The van der Waals surface area contributed by atoms with E-state index in [1.54, 1.807) is 5.57 Å². The highest BCUT2D eigenvalue weighted by molar-refractivity contribution is 5.08. The lowest BCUT2D eigenvalue weighted by atomic mass is 9.97. The van der Waals surface area contributed by atoms with Crippen molar-refractivity contribution < 1.29 is 12.4 Å². The van der Waals surface area contributed by atoms with Gasteiger partial charge in [0.2, 0.25) is 0 Å². The molecule has 0 saturated carbocycles. The van der Waals surface area contributed by atoms with Crippen LogP contribution >= 0.6 is 0 Å². The van der Waals surface area contributed by atoms with Crippen molar-refractivity contribution in [3.8, 4) is 0 Å². The summed E-state index contributed by atoms with van der Waals surface area (Å²) < 4.78 is 0. The molecular weight excluding hydrogens is 232 g/mol. The zero-order chi connectivity index (χ0) is 11.1. The maximum Gasteiger partial charge on any atom is 0.0312 e. The quantitative estimate of drug-likeness (QED) is 0.592. The molecule has 0 aliphatic heterocycles. The van der Waals surface area contributed by atoms with E-state index in [2.05, 4.69) is 22.4 Å². The van der Waals surface area contributed by atoms with E-state index in [0.29, 0.717) is 0 Å². The Bertz CT molecular complexity index is 335. The molecule has 0 saturated heterocycles. The Morgan fingerprint density at radius 3 is 2.94 bits per heavy atom. The third kappa shape index (κ3) is 5.33. The SMILES string of the molecule is C1=C(CCNCc2cccnc2)CCCC1.[Cl-]. The van der Waals surface area contributed by atoms with Crippen molar-refractivity contribution in [1.82, 2.24) is 10.3 Å². The highest BCUT2D eigenvalue weighted by atomic mass is 35.5. The van der Waals surface area contributed by atoms with Gasteiger partial charge in [0.15, 0.2) is 0 Å². The van der Waals surface area contributed by atoms with Crippen LogP contribution in [-0.2, 0) is 6.54 Å². The first-order valence-corrected chi connectivity index (χ1v) is 6.23. The Kier molecular flexibility index (Phi) is 6.90. The van der Waals surface area contributed by atoms with Gasteiger partial charge in [-0.3, -0.25) is 4.98 Å². The van der Waals surface area contributed by atoms with Gasteiger partial charge in [-0.1, -0.05) is 17.7 Å². The van der Waals surface area contributed by atoms with Gasteiger partial charge in [-0.25, -0.2) is 0 Å². The van der Waals surface area contributed by atoms with Crippen LogP contribution in [0.1, 0.15) is 37.7 Å². The summed E-state index contributed by atoms with van der Waals surface area (Å²) in [7, 11) is 0. The summed E-state index contributed by atoms with van der Waals surface area (Å²) in [6.45, 7) is 2.02. The molecule has 94 valence electrons. The van der Waals surface area contributed by atoms with E-state index in [0.717, 1.165) is 13.1 Å². The molecule has 1 aliphatic carbocycles. The highest BCUT2D eigenvalue weighted by Crippen LogP contribution is 2.19. The van der Waals surface area contributed by atoms with Crippen LogP contribution < -0.4 is 17.7 Å². The average Bonchev–Trinajstić information content (AvgIpc) is 2.37. The molecule has 1 aliphatic rings. The monoisotopic (exact) mass is 251 g/mol. The summed E-state index contributed by atoms with van der Waals surface area (Å²) >= 11 is 0. The van der Waals surface area contributed by atoms with Gasteiger partial charge in [-0.2, -0.15) is 0 Å². The van der Waals surface area contributed by atoms with Gasteiger partial charge in [-0.15, -0.1) is 0 Å². The predicted octanol–water partition coefficient (Wildman–Crippen LogP) is 0.0657. The molecule has 0 spiro atoms. The van der Waals surface area contributed by atoms with Crippen LogP contribution in [0, 0.1) is 0 Å². The van der Waals surface area contributed by atoms with Crippen LogP contribution in [0.5, 0.6) is 0 Å². The molecule has 0 unspecified atom stereocenters. The second-order valence-corrected chi connectivity index (χ2v) is 4.40. The molecule has 0 aromatic carbocycles. The number of rotatable bonds is 5. The van der Waals surface area contributed by atoms with Crippen molar-refractivity contribution >= 4 is 0 Å². The minimum Gasteiger partial charge on any atom is -1.00 e. The van der Waals surface area contributed by atoms with Gasteiger partial charge >= 0.3 is 0 Å². The van der Waals surface area contributed by atoms with Gasteiger partial charge in [0.05, 0.1) is 0 Å². The van der Waals surface area contributed by atoms with E-state index in [-0.39, 0.29) is 12.4 Å². The number of nitrogens with zero attached hydrogens (tertiary/aromatic N) is 1. The molecule has 0 radical (unpaired) electrons. The van der Waals surface area contributed by atoms with Crippen molar-refractivity contribution in [2.24, 2.45) is 0 Å². The number of halogens is 1. The lowest BCUT2D eigenvalue weighted by Crippen LogP contribution is -3.00. The largest absolute Gasteiger partial charge is 1.00 e. The molecule has 3 heteroatoms. The Hall–Kier alpha value is -0.860. The number of hydrogen-bond acceptors (Lipinski definition) is 2. The van der Waals surface area contributed by atoms with Crippen LogP contribution in [0.3, 0.4) is 0 Å². The molecule has 2 nitrogen and oxygen atoms in total. The van der Waals surface area contributed by atoms with Crippen molar-refractivity contribution in [1.29, 1.82) is 0 Å². The molecule has 0 atom stereocenters. The third-order valence-electron chi connectivity index (χ3n) is 3.06. The second-order valence-electron chi connectivity index (χ2n) is 4.40. The minimum absolute atomic E-state index is 0. The summed E-state index contributed by atoms with van der Waals surface area (Å²) in [4.78, 5) is 4.10. The Labute approximate surface area is 110 Å². The van der Waals surface area contributed by atoms with Gasteiger partial charge in [0.1, 0.15) is 0 Å². The predicted molar refractivity (Wildman–Crippen MR) is 67.1 cm³/mol. The summed E-state index contributed by atoms with van der Waals surface area (Å²) in [5.74, 6) is 0. The molecule has 0 fully saturated rings. The van der Waals surface area contributed by atoms with Crippen molar-refractivity contribution in [2.45, 2.75) is 38.6 Å². The first-order valence-electron chi connectivity index (χ1n) is 6.23. The molecule has 1 heterocycles. The summed E-state index contributed by atoms with van der Waals surface area (Å²) in [5, 5.41) is 3.47. The number of aromatic nitrogens is 1. The fraction of sp³-hybridized carbons (Fsp3) is 0.500. The number of nitrogens with one attached hydrogen (secondary N) is 1. The van der Waals surface area contributed by atoms with E-state index >= 15 is 0 Å². The second kappa shape index (κ2) is 8.26. The molecule has 1 aromatic heterocycles. The van der Waals surface area contributed by atoms with E-state index < -0.39 is 0 Å². The molecular formula is C14H20ClN2-. The summed E-state index contributed by atoms with van der Waals surface area (Å²) in [6.07, 6.45) is 12.7. The van der Waals surface area contributed by atoms with E-state index in [4.69, 9.17) is 0 Å². The normalized spacial score (nSPS) is 14.9. The molecule has 0 amide bonds. The van der Waals surface area contributed by atoms with Gasteiger partial charge in [0, 0.05) is 18.9 Å². The smallest absolute Gasteiger partial charge is 0.0312 e. The van der Waals surface area contributed by atoms with Gasteiger partial charge in [0.25, 0.3) is 0 Å². The van der Waals surface area contributed by atoms with Crippen LogP contribution in [-0.4, -0.2) is 11.5 Å². The molecule has 1 N–H and O–H groups in total. The molecule has 1 aromatic rings. The van der Waals surface area contributed by atoms with Crippen molar-refractivity contribution in [2.75, 3.05) is 6.54 Å². The number of pyridine rings is 1. The zero-order valence-corrected chi connectivity index (χ0v) is 10.9. The minimum atomic E-state index is 0. The topological polar surface area (TPSA) is 24.9 Å². The maximum absolute atomic E-state index is 4.10. The Morgan fingerprint density at radius 1 is 1.29 bits per heavy atom. The van der Waals surface area contributed by atoms with Crippen LogP contribution in [0.15, 0.2) is 36.2 Å².